The van der Waals surface area contributed by atoms with Crippen molar-refractivity contribution in [2.75, 3.05) is 26.9 Å². The second-order valence-corrected chi connectivity index (χ2v) is 20.7. The van der Waals surface area contributed by atoms with Gasteiger partial charge in [0.05, 0.1) is 59.5 Å². The predicted molar refractivity (Wildman–Crippen MR) is 298 cm³/mol. The average molecular weight is 1130 g/mol. The van der Waals surface area contributed by atoms with Crippen LogP contribution in [0.4, 0.5) is 0 Å². The van der Waals surface area contributed by atoms with Gasteiger partial charge in [-0.25, -0.2) is 0 Å². The summed E-state index contributed by atoms with van der Waals surface area (Å²) in [6.07, 6.45) is -14.0. The highest BCUT2D eigenvalue weighted by Gasteiger charge is 2.57. The van der Waals surface area contributed by atoms with Crippen LogP contribution in [0.2, 0.25) is 0 Å². The minimum absolute atomic E-state index is 0.0699. The van der Waals surface area contributed by atoms with Gasteiger partial charge in [-0.05, 0) is 59.0 Å². The van der Waals surface area contributed by atoms with Gasteiger partial charge in [-0.1, -0.05) is 152 Å². The molecule has 6 aromatic rings. The molecule has 0 aliphatic carbocycles. The zero-order valence-electron chi connectivity index (χ0n) is 46.1. The number of carbonyl (C=O) groups excluding carboxylic acids is 2. The molecule has 18 nitrogen and oxygen atoms in total. The number of rotatable bonds is 25. The van der Waals surface area contributed by atoms with Crippen LogP contribution in [0.5, 0.6) is 11.5 Å². The number of hydrogen-bond donors (Lipinski definition) is 3. The molecule has 0 spiro atoms. The van der Waals surface area contributed by atoms with E-state index in [9.17, 15) is 14.7 Å². The number of morpholine rings is 1. The third-order valence-electron chi connectivity index (χ3n) is 14.7. The van der Waals surface area contributed by atoms with Gasteiger partial charge in [0.1, 0.15) is 85.1 Å². The van der Waals surface area contributed by atoms with Gasteiger partial charge >= 0.3 is 0 Å². The first-order valence-corrected chi connectivity index (χ1v) is 27.8. The van der Waals surface area contributed by atoms with Crippen molar-refractivity contribution in [2.24, 2.45) is 0 Å². The summed E-state index contributed by atoms with van der Waals surface area (Å²) in [6, 6.07) is 53.4. The number of ether oxygens (including phenoxy) is 13. The van der Waals surface area contributed by atoms with Gasteiger partial charge in [0.25, 0.3) is 0 Å². The fourth-order valence-corrected chi connectivity index (χ4v) is 10.6. The molecule has 4 fully saturated rings. The maximum Gasteiger partial charge on any atom is 0.246 e. The number of methoxy groups -OCH3 is 1. The number of carbonyl (C=O) groups is 2. The van der Waals surface area contributed by atoms with Crippen molar-refractivity contribution < 1.29 is 76.3 Å². The summed E-state index contributed by atoms with van der Waals surface area (Å²) in [7, 11) is 1.57. The quantitative estimate of drug-likeness (QED) is 0.0530. The highest BCUT2D eigenvalue weighted by atomic mass is 16.8. The Balaban J connectivity index is 1.05. The van der Waals surface area contributed by atoms with Gasteiger partial charge in [-0.3, -0.25) is 9.59 Å². The molecule has 4 aliphatic heterocycles. The lowest BCUT2D eigenvalue weighted by Crippen LogP contribution is -2.72. The molecule has 6 aromatic carbocycles. The van der Waals surface area contributed by atoms with E-state index >= 15 is 0 Å². The second kappa shape index (κ2) is 29.1. The number of fused-ring (bicyclic) bond motifs is 1. The lowest BCUT2D eigenvalue weighted by molar-refractivity contribution is -0.370. The molecule has 434 valence electrons. The van der Waals surface area contributed by atoms with Crippen molar-refractivity contribution in [1.29, 1.82) is 0 Å². The standard InChI is InChI=1S/C64H72N2O16/c1-41-56(73-35-45-23-13-6-14-24-45)60(74-36-46-25-15-7-16-26-46)61(75-37-47-27-17-8-18-28-47)64(77-41)82-59-54(65-42(2)67)62(78-49-31-29-48(70-3)30-32-49)80-51(39-72-34-44-21-11-5-12-22-44)57(59)81-63-53-58(76-40-52(68)66-53)55(69)50(79-63)38-71-33-43-19-9-4-10-20-43/h4-32,41,50-51,53-64,69H,33-40H2,1-3H3,(H,65,67)(H,66,68)/t41-,50+,51+,53+,54+,55-,56+,57+,58+,59+,60+,61-,62+,63-,64-/m0/s1. The van der Waals surface area contributed by atoms with E-state index in [0.29, 0.717) is 11.5 Å². The Kier molecular flexibility index (Phi) is 20.8. The van der Waals surface area contributed by atoms with E-state index in [1.807, 2.05) is 159 Å². The molecule has 4 saturated heterocycles. The van der Waals surface area contributed by atoms with Crippen LogP contribution in [0.1, 0.15) is 41.7 Å². The monoisotopic (exact) mass is 1120 g/mol. The normalized spacial score (nSPS) is 29.0. The van der Waals surface area contributed by atoms with Gasteiger partial charge in [0.2, 0.25) is 18.1 Å². The third-order valence-corrected chi connectivity index (χ3v) is 14.7. The number of aliphatic hydroxyl groups excluding tert-OH is 1. The molecule has 0 radical (unpaired) electrons. The Morgan fingerprint density at radius 1 is 0.549 bits per heavy atom. The maximum atomic E-state index is 13.7. The van der Waals surface area contributed by atoms with E-state index in [0.717, 1.165) is 27.8 Å². The minimum atomic E-state index is -1.34. The summed E-state index contributed by atoms with van der Waals surface area (Å²) < 4.78 is 87.2. The number of hydrogen-bond acceptors (Lipinski definition) is 16. The van der Waals surface area contributed by atoms with Gasteiger partial charge in [-0.15, -0.1) is 0 Å². The summed E-state index contributed by atoms with van der Waals surface area (Å²) in [6.45, 7) is 3.75. The predicted octanol–water partition coefficient (Wildman–Crippen LogP) is 6.98. The zero-order chi connectivity index (χ0) is 56.6. The summed E-state index contributed by atoms with van der Waals surface area (Å²) in [5.41, 5.74) is 4.55. The second-order valence-electron chi connectivity index (χ2n) is 20.7. The van der Waals surface area contributed by atoms with E-state index in [-0.39, 0.29) is 52.9 Å². The third kappa shape index (κ3) is 15.5. The topological polar surface area (TPSA) is 198 Å². The Bertz CT molecular complexity index is 2860. The minimum Gasteiger partial charge on any atom is -0.497 e. The van der Waals surface area contributed by atoms with Crippen LogP contribution >= 0.6 is 0 Å². The molecule has 10 rings (SSSR count). The smallest absolute Gasteiger partial charge is 0.246 e. The fraction of sp³-hybridized carbons (Fsp3) is 0.406. The maximum absolute atomic E-state index is 13.7. The van der Waals surface area contributed by atoms with Crippen LogP contribution in [0, 0.1) is 0 Å². The molecule has 0 bridgehead atoms. The van der Waals surface area contributed by atoms with E-state index in [4.69, 9.17) is 61.6 Å². The number of aliphatic hydroxyl groups is 1. The first-order valence-electron chi connectivity index (χ1n) is 27.8. The lowest BCUT2D eigenvalue weighted by atomic mass is 9.93. The largest absolute Gasteiger partial charge is 0.497 e. The van der Waals surface area contributed by atoms with Crippen molar-refractivity contribution in [3.05, 3.63) is 204 Å². The summed E-state index contributed by atoms with van der Waals surface area (Å²) in [5, 5.41) is 17.9. The van der Waals surface area contributed by atoms with Crippen LogP contribution in [0.25, 0.3) is 0 Å². The van der Waals surface area contributed by atoms with Crippen LogP contribution in [0.15, 0.2) is 176 Å². The van der Waals surface area contributed by atoms with E-state index < -0.39 is 104 Å². The Morgan fingerprint density at radius 2 is 1.01 bits per heavy atom. The van der Waals surface area contributed by atoms with Gasteiger partial charge in [0, 0.05) is 6.92 Å². The zero-order valence-corrected chi connectivity index (χ0v) is 46.1. The first-order chi connectivity index (χ1) is 40.1. The van der Waals surface area contributed by atoms with Crippen LogP contribution in [-0.2, 0) is 94.7 Å². The molecule has 82 heavy (non-hydrogen) atoms. The fourth-order valence-electron chi connectivity index (χ4n) is 10.6. The van der Waals surface area contributed by atoms with E-state index in [1.165, 1.54) is 6.92 Å². The number of amides is 2. The molecule has 0 aromatic heterocycles. The Hall–Kier alpha value is -6.62. The molecule has 4 heterocycles. The SMILES string of the molecule is COc1ccc(O[C@@H]2O[C@H](COCc3ccccc3)[C@@H](O[C@@H]3O[C@H](COCc4ccccc4)[C@H](O)[C@@H]4OCC(=O)N[C@@H]34)[C@H](O[C@@H]3O[C@@H](C)[C@@H](OCc4ccccc4)[C@@H](OCc4ccccc4)[C@@H]3OCc3ccccc3)[C@H]2NC(C)=O)cc1. The highest BCUT2D eigenvalue weighted by Crippen LogP contribution is 2.38. The molecule has 2 amide bonds. The van der Waals surface area contributed by atoms with Crippen molar-refractivity contribution in [3.8, 4) is 11.5 Å². The molecule has 3 N–H and O–H groups in total. The highest BCUT2D eigenvalue weighted by molar-refractivity contribution is 5.78. The number of benzene rings is 6. The van der Waals surface area contributed by atoms with Crippen molar-refractivity contribution in [1.82, 2.24) is 10.6 Å². The van der Waals surface area contributed by atoms with E-state index in [2.05, 4.69) is 10.6 Å². The van der Waals surface area contributed by atoms with Crippen molar-refractivity contribution in [2.45, 2.75) is 139 Å². The van der Waals surface area contributed by atoms with Gasteiger partial charge in [0.15, 0.2) is 12.6 Å². The molecule has 0 saturated carbocycles. The lowest BCUT2D eigenvalue weighted by Gasteiger charge is -2.52. The van der Waals surface area contributed by atoms with Crippen LogP contribution in [-0.4, -0.2) is 136 Å². The average Bonchev–Trinajstić information content (AvgIpc) is 3.67. The van der Waals surface area contributed by atoms with E-state index in [1.54, 1.807) is 31.4 Å². The summed E-state index contributed by atoms with van der Waals surface area (Å²) in [4.78, 5) is 27.0. The summed E-state index contributed by atoms with van der Waals surface area (Å²) in [5.74, 6) is 0.0841. The first kappa shape index (κ1) is 58.6. The van der Waals surface area contributed by atoms with Gasteiger partial charge in [-0.2, -0.15) is 0 Å². The summed E-state index contributed by atoms with van der Waals surface area (Å²) >= 11 is 0. The van der Waals surface area contributed by atoms with Crippen molar-refractivity contribution in [3.63, 3.8) is 0 Å². The molecular formula is C64H72N2O16. The Labute approximate surface area is 478 Å². The number of nitrogens with one attached hydrogen (secondary N) is 2. The molecule has 15 atom stereocenters. The van der Waals surface area contributed by atoms with Crippen LogP contribution < -0.4 is 20.1 Å². The molecule has 18 heteroatoms. The molecular weight excluding hydrogens is 1050 g/mol. The Morgan fingerprint density at radius 3 is 1.54 bits per heavy atom. The molecule has 0 unspecified atom stereocenters. The van der Waals surface area contributed by atoms with Gasteiger partial charge < -0.3 is 77.3 Å². The van der Waals surface area contributed by atoms with Crippen molar-refractivity contribution >= 4 is 11.8 Å². The van der Waals surface area contributed by atoms with Crippen LogP contribution in [0.3, 0.4) is 0 Å². The molecule has 4 aliphatic rings.